The number of aryl methyl sites for hydroxylation is 1. The average Bonchev–Trinajstić information content (AvgIpc) is 3.17. The van der Waals surface area contributed by atoms with Crippen LogP contribution in [0, 0.1) is 0 Å². The standard InChI is InChI=1S/C26H30F3N3O3/c1-5-14-32-21(15-23(30-32)19-8-10-20(11-9-19)26(27,28)29)17-31(4)16-18-6-12-22(13-7-18)35-25(2,3)24(33)34/h6-13,15H,5,14,16-17H2,1-4H3,(H,33,34). The van der Waals surface area contributed by atoms with Crippen LogP contribution >= 0.6 is 0 Å². The van der Waals surface area contributed by atoms with Gasteiger partial charge in [-0.3, -0.25) is 9.58 Å². The summed E-state index contributed by atoms with van der Waals surface area (Å²) in [4.78, 5) is 13.4. The predicted molar refractivity (Wildman–Crippen MR) is 127 cm³/mol. The molecule has 35 heavy (non-hydrogen) atoms. The highest BCUT2D eigenvalue weighted by atomic mass is 19.4. The molecule has 0 aliphatic carbocycles. The van der Waals surface area contributed by atoms with Crippen LogP contribution in [-0.2, 0) is 30.6 Å². The Morgan fingerprint density at radius 1 is 1.06 bits per heavy atom. The zero-order chi connectivity index (χ0) is 25.8. The molecule has 1 aromatic heterocycles. The lowest BCUT2D eigenvalue weighted by Crippen LogP contribution is -2.37. The smallest absolute Gasteiger partial charge is 0.416 e. The maximum absolute atomic E-state index is 12.9. The minimum atomic E-state index is -4.37. The van der Waals surface area contributed by atoms with Gasteiger partial charge in [-0.05, 0) is 63.2 Å². The van der Waals surface area contributed by atoms with Crippen molar-refractivity contribution in [3.8, 4) is 17.0 Å². The molecule has 1 heterocycles. The number of hydrogen-bond donors (Lipinski definition) is 1. The first kappa shape index (κ1) is 26.3. The van der Waals surface area contributed by atoms with E-state index in [-0.39, 0.29) is 0 Å². The number of rotatable bonds is 10. The van der Waals surface area contributed by atoms with E-state index in [1.807, 2.05) is 36.9 Å². The van der Waals surface area contributed by atoms with Gasteiger partial charge in [0.1, 0.15) is 5.75 Å². The molecule has 0 aliphatic rings. The van der Waals surface area contributed by atoms with Crippen molar-refractivity contribution in [2.24, 2.45) is 0 Å². The van der Waals surface area contributed by atoms with Gasteiger partial charge in [0.15, 0.2) is 5.60 Å². The molecule has 0 unspecified atom stereocenters. The second-order valence-corrected chi connectivity index (χ2v) is 9.05. The van der Waals surface area contributed by atoms with Gasteiger partial charge < -0.3 is 9.84 Å². The van der Waals surface area contributed by atoms with Crippen LogP contribution in [-0.4, -0.2) is 38.4 Å². The zero-order valence-corrected chi connectivity index (χ0v) is 20.3. The number of nitrogens with zero attached hydrogens (tertiary/aromatic N) is 3. The molecule has 0 aliphatic heterocycles. The van der Waals surface area contributed by atoms with Crippen LogP contribution in [0.2, 0.25) is 0 Å². The first-order chi connectivity index (χ1) is 16.4. The summed E-state index contributed by atoms with van der Waals surface area (Å²) in [6.07, 6.45) is -3.50. The number of carbonyl (C=O) groups is 1. The van der Waals surface area contributed by atoms with Crippen molar-refractivity contribution >= 4 is 5.97 Å². The first-order valence-electron chi connectivity index (χ1n) is 11.3. The van der Waals surface area contributed by atoms with E-state index < -0.39 is 23.3 Å². The second kappa shape index (κ2) is 10.5. The fraction of sp³-hybridized carbons (Fsp3) is 0.385. The van der Waals surface area contributed by atoms with Crippen LogP contribution in [0.4, 0.5) is 13.2 Å². The summed E-state index contributed by atoms with van der Waals surface area (Å²) in [5, 5.41) is 13.8. The van der Waals surface area contributed by atoms with Crippen molar-refractivity contribution in [1.82, 2.24) is 14.7 Å². The van der Waals surface area contributed by atoms with Crippen molar-refractivity contribution in [2.45, 2.75) is 58.6 Å². The topological polar surface area (TPSA) is 67.6 Å². The number of alkyl halides is 3. The van der Waals surface area contributed by atoms with Crippen molar-refractivity contribution < 1.29 is 27.8 Å². The Balaban J connectivity index is 1.70. The van der Waals surface area contributed by atoms with Crippen molar-refractivity contribution in [3.63, 3.8) is 0 Å². The van der Waals surface area contributed by atoms with E-state index in [0.717, 1.165) is 29.8 Å². The molecule has 3 rings (SSSR count). The summed E-state index contributed by atoms with van der Waals surface area (Å²) >= 11 is 0. The third-order valence-electron chi connectivity index (χ3n) is 5.50. The maximum atomic E-state index is 12.9. The van der Waals surface area contributed by atoms with Gasteiger partial charge in [0.05, 0.1) is 17.0 Å². The second-order valence-electron chi connectivity index (χ2n) is 9.05. The lowest BCUT2D eigenvalue weighted by molar-refractivity contribution is -0.152. The highest BCUT2D eigenvalue weighted by molar-refractivity contribution is 5.76. The molecular weight excluding hydrogens is 459 g/mol. The maximum Gasteiger partial charge on any atom is 0.416 e. The molecule has 6 nitrogen and oxygen atoms in total. The number of carboxylic acids is 1. The van der Waals surface area contributed by atoms with E-state index in [1.54, 1.807) is 12.1 Å². The highest BCUT2D eigenvalue weighted by Gasteiger charge is 2.30. The van der Waals surface area contributed by atoms with Crippen LogP contribution in [0.25, 0.3) is 11.3 Å². The monoisotopic (exact) mass is 489 g/mol. The molecule has 9 heteroatoms. The van der Waals surface area contributed by atoms with E-state index >= 15 is 0 Å². The lowest BCUT2D eigenvalue weighted by Gasteiger charge is -2.22. The van der Waals surface area contributed by atoms with E-state index in [2.05, 4.69) is 10.00 Å². The van der Waals surface area contributed by atoms with E-state index in [0.29, 0.717) is 36.6 Å². The van der Waals surface area contributed by atoms with Crippen molar-refractivity contribution in [2.75, 3.05) is 7.05 Å². The highest BCUT2D eigenvalue weighted by Crippen LogP contribution is 2.31. The van der Waals surface area contributed by atoms with E-state index in [4.69, 9.17) is 4.74 Å². The molecule has 0 saturated carbocycles. The molecule has 0 fully saturated rings. The number of hydrogen-bond acceptors (Lipinski definition) is 4. The van der Waals surface area contributed by atoms with Gasteiger partial charge in [-0.25, -0.2) is 4.79 Å². The van der Waals surface area contributed by atoms with Gasteiger partial charge in [0.2, 0.25) is 0 Å². The van der Waals surface area contributed by atoms with Crippen LogP contribution in [0.3, 0.4) is 0 Å². The average molecular weight is 490 g/mol. The number of aromatic nitrogens is 2. The van der Waals surface area contributed by atoms with Crippen LogP contribution in [0.1, 0.15) is 44.0 Å². The Morgan fingerprint density at radius 3 is 2.23 bits per heavy atom. The third kappa shape index (κ3) is 6.85. The number of ether oxygens (including phenoxy) is 1. The number of halogens is 3. The fourth-order valence-corrected chi connectivity index (χ4v) is 3.60. The van der Waals surface area contributed by atoms with Gasteiger partial charge in [-0.2, -0.15) is 18.3 Å². The Bertz CT molecular complexity index is 1140. The molecule has 2 aromatic carbocycles. The van der Waals surface area contributed by atoms with Crippen molar-refractivity contribution in [3.05, 3.63) is 71.4 Å². The molecule has 0 atom stereocenters. The normalized spacial score (nSPS) is 12.2. The number of benzene rings is 2. The number of carboxylic acid groups (broad SMARTS) is 1. The Labute approximate surface area is 202 Å². The molecule has 0 radical (unpaired) electrons. The van der Waals surface area contributed by atoms with E-state index in [9.17, 15) is 23.1 Å². The molecule has 0 amide bonds. The van der Waals surface area contributed by atoms with Gasteiger partial charge in [0, 0.05) is 25.2 Å². The predicted octanol–water partition coefficient (Wildman–Crippen LogP) is 5.85. The summed E-state index contributed by atoms with van der Waals surface area (Å²) in [5.74, 6) is -0.563. The Hall–Kier alpha value is -3.33. The van der Waals surface area contributed by atoms with Gasteiger partial charge >= 0.3 is 12.1 Å². The molecule has 188 valence electrons. The molecule has 0 spiro atoms. The van der Waals surface area contributed by atoms with Crippen LogP contribution in [0.5, 0.6) is 5.75 Å². The van der Waals surface area contributed by atoms with Gasteiger partial charge in [0.25, 0.3) is 0 Å². The SMILES string of the molecule is CCCn1nc(-c2ccc(C(F)(F)F)cc2)cc1CN(C)Cc1ccc(OC(C)(C)C(=O)O)cc1. The molecular formula is C26H30F3N3O3. The fourth-order valence-electron chi connectivity index (χ4n) is 3.60. The molecule has 1 N–H and O–H groups in total. The summed E-state index contributed by atoms with van der Waals surface area (Å²) in [7, 11) is 1.97. The Morgan fingerprint density at radius 2 is 1.69 bits per heavy atom. The first-order valence-corrected chi connectivity index (χ1v) is 11.3. The molecule has 0 bridgehead atoms. The van der Waals surface area contributed by atoms with E-state index in [1.165, 1.54) is 26.0 Å². The third-order valence-corrected chi connectivity index (χ3v) is 5.50. The van der Waals surface area contributed by atoms with Gasteiger partial charge in [-0.1, -0.05) is 31.2 Å². The largest absolute Gasteiger partial charge is 0.478 e. The lowest BCUT2D eigenvalue weighted by atomic mass is 10.1. The quantitative estimate of drug-likeness (QED) is 0.387. The summed E-state index contributed by atoms with van der Waals surface area (Å²) < 4.78 is 46.1. The van der Waals surface area contributed by atoms with Crippen LogP contribution in [0.15, 0.2) is 54.6 Å². The Kier molecular flexibility index (Phi) is 7.90. The van der Waals surface area contributed by atoms with Crippen LogP contribution < -0.4 is 4.74 Å². The summed E-state index contributed by atoms with van der Waals surface area (Å²) in [6, 6.07) is 14.2. The zero-order valence-electron chi connectivity index (χ0n) is 20.3. The van der Waals surface area contributed by atoms with Gasteiger partial charge in [-0.15, -0.1) is 0 Å². The summed E-state index contributed by atoms with van der Waals surface area (Å²) in [5.41, 5.74) is 1.26. The molecule has 0 saturated heterocycles. The number of aliphatic carboxylic acids is 1. The van der Waals surface area contributed by atoms with Crippen molar-refractivity contribution in [1.29, 1.82) is 0 Å². The minimum absolute atomic E-state index is 0.478. The molecule has 3 aromatic rings. The summed E-state index contributed by atoms with van der Waals surface area (Å²) in [6.45, 7) is 6.97. The minimum Gasteiger partial charge on any atom is -0.478 e.